The summed E-state index contributed by atoms with van der Waals surface area (Å²) in [6.45, 7) is 6.66. The molecule has 2 aliphatic rings. The minimum Gasteiger partial charge on any atom is -0.300 e. The van der Waals surface area contributed by atoms with Gasteiger partial charge in [0, 0.05) is 22.1 Å². The van der Waals surface area contributed by atoms with Crippen LogP contribution in [0.15, 0.2) is 12.1 Å². The van der Waals surface area contributed by atoms with Gasteiger partial charge in [-0.25, -0.2) is 4.79 Å². The van der Waals surface area contributed by atoms with E-state index in [1.54, 1.807) is 0 Å². The number of fused-ring (bicyclic) bond motifs is 3. The van der Waals surface area contributed by atoms with Gasteiger partial charge in [0.2, 0.25) is 0 Å². The fraction of sp³-hybridized carbons (Fsp3) is 0.611. The maximum atomic E-state index is 12.1. The van der Waals surface area contributed by atoms with Crippen LogP contribution in [0.1, 0.15) is 49.8 Å². The van der Waals surface area contributed by atoms with Crippen molar-refractivity contribution in [2.45, 2.75) is 58.4 Å². The Morgan fingerprint density at radius 3 is 2.55 bits per heavy atom. The van der Waals surface area contributed by atoms with E-state index in [0.29, 0.717) is 16.5 Å². The molecule has 118 valence electrons. The quantitative estimate of drug-likeness (QED) is 0.784. The summed E-state index contributed by atoms with van der Waals surface area (Å²) >= 11 is 0. The second-order valence-electron chi connectivity index (χ2n) is 6.51. The summed E-state index contributed by atoms with van der Waals surface area (Å²) in [5.41, 5.74) is 3.97. The number of rotatable bonds is 5. The third-order valence-electron chi connectivity index (χ3n) is 4.96. The zero-order valence-electron chi connectivity index (χ0n) is 13.6. The van der Waals surface area contributed by atoms with Crippen LogP contribution in [0.4, 0.5) is 5.69 Å². The number of nitroso groups, excluding NO2 is 1. The van der Waals surface area contributed by atoms with Crippen LogP contribution in [0.3, 0.4) is 0 Å². The molecule has 1 aromatic rings. The Bertz CT molecular complexity index is 603. The molecule has 1 heterocycles. The zero-order chi connectivity index (χ0) is 15.7. The molecule has 3 rings (SSSR count). The number of aryl methyl sites for hydroxylation is 1. The van der Waals surface area contributed by atoms with Gasteiger partial charge >= 0.3 is 5.91 Å². The summed E-state index contributed by atoms with van der Waals surface area (Å²) in [6.07, 6.45) is 5.65. The lowest BCUT2D eigenvalue weighted by Gasteiger charge is -2.34. The van der Waals surface area contributed by atoms with Gasteiger partial charge in [0.15, 0.2) is 0 Å². The highest BCUT2D eigenvalue weighted by Crippen LogP contribution is 2.37. The largest absolute Gasteiger partial charge is 0.444 e. The maximum absolute atomic E-state index is 12.1. The molecule has 4 heteroatoms. The summed E-state index contributed by atoms with van der Waals surface area (Å²) in [7, 11) is 0. The van der Waals surface area contributed by atoms with Crippen LogP contribution in [0.5, 0.6) is 0 Å². The van der Waals surface area contributed by atoms with E-state index in [1.165, 1.54) is 5.56 Å². The molecule has 1 aromatic carbocycles. The van der Waals surface area contributed by atoms with Crippen LogP contribution in [-0.4, -0.2) is 34.7 Å². The van der Waals surface area contributed by atoms with Crippen molar-refractivity contribution in [3.05, 3.63) is 33.7 Å². The molecule has 0 spiro atoms. The molecule has 22 heavy (non-hydrogen) atoms. The summed E-state index contributed by atoms with van der Waals surface area (Å²) in [4.78, 5) is 26.5. The summed E-state index contributed by atoms with van der Waals surface area (Å²) in [6, 6.07) is 4.60. The van der Waals surface area contributed by atoms with Crippen molar-refractivity contribution >= 4 is 11.6 Å². The van der Waals surface area contributed by atoms with Crippen molar-refractivity contribution in [1.29, 1.82) is 0 Å². The molecule has 0 radical (unpaired) electrons. The number of hydrogen-bond acceptors (Lipinski definition) is 3. The van der Waals surface area contributed by atoms with Crippen molar-refractivity contribution in [2.24, 2.45) is 0 Å². The number of amides is 1. The summed E-state index contributed by atoms with van der Waals surface area (Å²) in [5.74, 6) is -0.315. The van der Waals surface area contributed by atoms with Crippen molar-refractivity contribution in [3.8, 4) is 0 Å². The van der Waals surface area contributed by atoms with Gasteiger partial charge in [-0.2, -0.15) is 0 Å². The smallest absolute Gasteiger partial charge is 0.300 e. The van der Waals surface area contributed by atoms with Gasteiger partial charge in [-0.1, -0.05) is 26.0 Å². The highest BCUT2D eigenvalue weighted by Gasteiger charge is 2.42. The van der Waals surface area contributed by atoms with E-state index in [0.717, 1.165) is 56.3 Å². The first kappa shape index (κ1) is 15.3. The molecule has 0 saturated carbocycles. The van der Waals surface area contributed by atoms with Crippen LogP contribution in [0.25, 0.3) is 0 Å². The number of nitrogens with zero attached hydrogens (tertiary/aromatic N) is 2. The number of carbonyl (C=O) groups excluding carboxylic acids is 1. The number of benzene rings is 1. The molecule has 0 bridgehead atoms. The molecule has 0 fully saturated rings. The van der Waals surface area contributed by atoms with Crippen molar-refractivity contribution in [1.82, 2.24) is 4.90 Å². The van der Waals surface area contributed by atoms with Gasteiger partial charge in [-0.15, -0.1) is 0 Å². The topological polar surface area (TPSA) is 40.4 Å². The Labute approximate surface area is 132 Å². The lowest BCUT2D eigenvalue weighted by Crippen LogP contribution is -2.40. The Balaban J connectivity index is 1.91. The molecule has 1 amide bonds. The van der Waals surface area contributed by atoms with Crippen LogP contribution < -0.4 is 0 Å². The van der Waals surface area contributed by atoms with Crippen LogP contribution in [-0.2, 0) is 24.1 Å². The van der Waals surface area contributed by atoms with Crippen molar-refractivity contribution in [3.63, 3.8) is 0 Å². The van der Waals surface area contributed by atoms with Crippen LogP contribution >= 0.6 is 0 Å². The fourth-order valence-corrected chi connectivity index (χ4v) is 3.97. The Kier molecular flexibility index (Phi) is 4.39. The molecule has 1 unspecified atom stereocenters. The monoisotopic (exact) mass is 301 g/mol. The van der Waals surface area contributed by atoms with E-state index in [9.17, 15) is 9.70 Å². The normalized spacial score (nSPS) is 20.4. The first-order chi connectivity index (χ1) is 10.7. The van der Waals surface area contributed by atoms with E-state index in [-0.39, 0.29) is 12.3 Å². The minimum atomic E-state index is -0.315. The second-order valence-corrected chi connectivity index (χ2v) is 6.51. The lowest BCUT2D eigenvalue weighted by molar-refractivity contribution is -0.380. The SMILES string of the molecule is CCCN(CCC)C1CCc2ccc3c(c2C1)[N+](=O)C(=O)C3. The minimum absolute atomic E-state index is 0.268. The predicted molar refractivity (Wildman–Crippen MR) is 86.4 cm³/mol. The molecular formula is C18H25N2O2+. The lowest BCUT2D eigenvalue weighted by atomic mass is 9.85. The van der Waals surface area contributed by atoms with Crippen molar-refractivity contribution in [2.75, 3.05) is 13.1 Å². The second kappa shape index (κ2) is 6.29. The molecule has 0 saturated heterocycles. The molecular weight excluding hydrogens is 276 g/mol. The third-order valence-corrected chi connectivity index (χ3v) is 4.96. The third kappa shape index (κ3) is 2.60. The average Bonchev–Trinajstić information content (AvgIpc) is 2.82. The van der Waals surface area contributed by atoms with E-state index in [4.69, 9.17) is 0 Å². The van der Waals surface area contributed by atoms with Gasteiger partial charge < -0.3 is 4.90 Å². The van der Waals surface area contributed by atoms with Gasteiger partial charge in [0.25, 0.3) is 5.69 Å². The molecule has 0 aromatic heterocycles. The summed E-state index contributed by atoms with van der Waals surface area (Å²) in [5, 5.41) is 0. The Morgan fingerprint density at radius 1 is 1.18 bits per heavy atom. The highest BCUT2D eigenvalue weighted by molar-refractivity contribution is 5.81. The predicted octanol–water partition coefficient (Wildman–Crippen LogP) is 3.16. The Morgan fingerprint density at radius 2 is 1.86 bits per heavy atom. The van der Waals surface area contributed by atoms with E-state index < -0.39 is 0 Å². The molecule has 0 N–H and O–H groups in total. The average molecular weight is 301 g/mol. The Hall–Kier alpha value is -1.55. The van der Waals surface area contributed by atoms with Crippen molar-refractivity contribution < 1.29 is 9.55 Å². The molecule has 1 aliphatic heterocycles. The van der Waals surface area contributed by atoms with Gasteiger partial charge in [-0.05, 0) is 50.8 Å². The van der Waals surface area contributed by atoms with E-state index >= 15 is 0 Å². The number of carbonyl (C=O) groups is 1. The first-order valence-corrected chi connectivity index (χ1v) is 8.53. The van der Waals surface area contributed by atoms with Gasteiger partial charge in [-0.3, -0.25) is 0 Å². The molecule has 4 nitrogen and oxygen atoms in total. The summed E-state index contributed by atoms with van der Waals surface area (Å²) < 4.78 is 0.639. The zero-order valence-corrected chi connectivity index (χ0v) is 13.6. The number of hydrogen-bond donors (Lipinski definition) is 0. The van der Waals surface area contributed by atoms with Gasteiger partial charge in [0.1, 0.15) is 11.2 Å². The fourth-order valence-electron chi connectivity index (χ4n) is 3.97. The molecule has 1 atom stereocenters. The molecule has 1 aliphatic carbocycles. The van der Waals surface area contributed by atoms with Crippen LogP contribution in [0.2, 0.25) is 0 Å². The van der Waals surface area contributed by atoms with E-state index in [2.05, 4.69) is 24.8 Å². The first-order valence-electron chi connectivity index (χ1n) is 8.53. The van der Waals surface area contributed by atoms with Gasteiger partial charge in [0.05, 0.1) is 0 Å². The van der Waals surface area contributed by atoms with Crippen LogP contribution in [0, 0.1) is 4.91 Å². The van der Waals surface area contributed by atoms with E-state index in [1.807, 2.05) is 6.07 Å². The highest BCUT2D eigenvalue weighted by atomic mass is 16.3. The maximum Gasteiger partial charge on any atom is 0.444 e. The standard InChI is InChI=1S/C18H25N2O2/c1-3-9-19(10-4-2)15-8-7-13-5-6-14-11-17(21)20(22)18(14)16(13)12-15/h5-6,15H,3-4,7-12H2,1-2H3/q+1.